The molecule has 0 saturated heterocycles. The Morgan fingerprint density at radius 1 is 0.759 bits per heavy atom. The summed E-state index contributed by atoms with van der Waals surface area (Å²) in [6, 6.07) is 0. The Kier molecular flexibility index (Phi) is 14.7. The molecule has 166 valence electrons. The first-order valence-corrected chi connectivity index (χ1v) is 12.1. The fourth-order valence-corrected chi connectivity index (χ4v) is 3.13. The second-order valence-corrected chi connectivity index (χ2v) is 9.61. The predicted octanol–water partition coefficient (Wildman–Crippen LogP) is 4.55. The summed E-state index contributed by atoms with van der Waals surface area (Å²) in [6.45, 7) is 11.0. The predicted molar refractivity (Wildman–Crippen MR) is 119 cm³/mol. The third-order valence-electron chi connectivity index (χ3n) is 4.52. The van der Waals surface area contributed by atoms with Crippen molar-refractivity contribution in [1.29, 1.82) is 0 Å². The first kappa shape index (κ1) is 27.6. The molecule has 5 nitrogen and oxygen atoms in total. The first-order valence-electron chi connectivity index (χ1n) is 10.4. The topological polar surface area (TPSA) is 92.3 Å². The van der Waals surface area contributed by atoms with Gasteiger partial charge in [-0.3, -0.25) is 4.79 Å². The van der Waals surface area contributed by atoms with Gasteiger partial charge in [-0.2, -0.15) is 0 Å². The largest absolute Gasteiger partial charge is 0.811 e. The fraction of sp³-hybridized carbons (Fsp3) is 0.609. The lowest BCUT2D eigenvalue weighted by atomic mass is 10.0. The van der Waals surface area contributed by atoms with Crippen LogP contribution in [0, 0.1) is 0 Å². The van der Waals surface area contributed by atoms with Crippen molar-refractivity contribution in [3.8, 4) is 0 Å². The molecule has 29 heavy (non-hydrogen) atoms. The second-order valence-electron chi connectivity index (χ2n) is 7.94. The molecule has 6 heteroatoms. The Bertz CT molecular complexity index is 664. The molecule has 0 saturated carbocycles. The third-order valence-corrected chi connectivity index (χ3v) is 5.29. The number of carbonyl (C=O) groups is 1. The van der Waals surface area contributed by atoms with E-state index in [9.17, 15) is 19.1 Å². The molecule has 0 aromatic carbocycles. The van der Waals surface area contributed by atoms with Crippen LogP contribution in [-0.2, 0) is 9.36 Å². The minimum atomic E-state index is -4.61. The normalized spacial score (nSPS) is 13.4. The molecule has 0 aliphatic heterocycles. The Labute approximate surface area is 177 Å². The van der Waals surface area contributed by atoms with Crippen molar-refractivity contribution in [2.24, 2.45) is 0 Å². The molecule has 0 aliphatic carbocycles. The Morgan fingerprint density at radius 3 is 1.66 bits per heavy atom. The number of amides is 1. The van der Waals surface area contributed by atoms with E-state index < -0.39 is 19.7 Å². The van der Waals surface area contributed by atoms with E-state index in [2.05, 4.69) is 51.2 Å². The fourth-order valence-electron chi connectivity index (χ4n) is 2.65. The lowest BCUT2D eigenvalue weighted by molar-refractivity contribution is -0.313. The third kappa shape index (κ3) is 19.7. The molecular weight excluding hydrogens is 385 g/mol. The van der Waals surface area contributed by atoms with E-state index in [1.165, 1.54) is 22.3 Å². The van der Waals surface area contributed by atoms with Gasteiger partial charge in [0.25, 0.3) is 0 Å². The molecule has 0 atom stereocenters. The van der Waals surface area contributed by atoms with Gasteiger partial charge in [0.2, 0.25) is 5.91 Å². The quantitative estimate of drug-likeness (QED) is 0.328. The summed E-state index contributed by atoms with van der Waals surface area (Å²) in [5.41, 5.74) is 5.38. The van der Waals surface area contributed by atoms with Crippen molar-refractivity contribution in [2.45, 2.75) is 79.6 Å². The highest BCUT2D eigenvalue weighted by Gasteiger charge is 2.01. The molecular formula is C23H38NO4P-2. The molecule has 0 aromatic rings. The van der Waals surface area contributed by atoms with Crippen LogP contribution in [0.3, 0.4) is 0 Å². The van der Waals surface area contributed by atoms with E-state index in [4.69, 9.17) is 0 Å². The van der Waals surface area contributed by atoms with Crippen LogP contribution in [0.1, 0.15) is 79.6 Å². The van der Waals surface area contributed by atoms with Crippen molar-refractivity contribution < 1.29 is 19.1 Å². The Morgan fingerprint density at radius 2 is 1.21 bits per heavy atom. The van der Waals surface area contributed by atoms with E-state index >= 15 is 0 Å². The van der Waals surface area contributed by atoms with Gasteiger partial charge in [-0.15, -0.1) is 0 Å². The highest BCUT2D eigenvalue weighted by atomic mass is 31.2. The van der Waals surface area contributed by atoms with E-state index in [1.807, 2.05) is 13.0 Å². The molecule has 0 bridgehead atoms. The average Bonchev–Trinajstić information content (AvgIpc) is 2.59. The maximum Gasteiger partial charge on any atom is 0.220 e. The van der Waals surface area contributed by atoms with Gasteiger partial charge in [-0.1, -0.05) is 54.2 Å². The lowest BCUT2D eigenvalue weighted by Crippen LogP contribution is -2.26. The molecule has 1 amide bonds. The summed E-state index contributed by atoms with van der Waals surface area (Å²) in [6.07, 6.45) is 14.2. The van der Waals surface area contributed by atoms with E-state index in [-0.39, 0.29) is 6.42 Å². The molecule has 0 aromatic heterocycles. The SMILES string of the molecule is CC(C)=CCC/C(C)=C/CC/C(C)=C/CC/C(C)=C/CNC(=O)CCP(=O)([O-])[O-]. The summed E-state index contributed by atoms with van der Waals surface area (Å²) in [5.74, 6) is -0.416. The monoisotopic (exact) mass is 423 g/mol. The van der Waals surface area contributed by atoms with Crippen LogP contribution in [0.15, 0.2) is 46.6 Å². The molecule has 0 spiro atoms. The van der Waals surface area contributed by atoms with Gasteiger partial charge >= 0.3 is 0 Å². The zero-order valence-electron chi connectivity index (χ0n) is 18.8. The minimum Gasteiger partial charge on any atom is -0.811 e. The van der Waals surface area contributed by atoms with Crippen molar-refractivity contribution in [3.05, 3.63) is 46.6 Å². The number of hydrogen-bond donors (Lipinski definition) is 1. The van der Waals surface area contributed by atoms with Gasteiger partial charge < -0.3 is 19.7 Å². The van der Waals surface area contributed by atoms with Crippen molar-refractivity contribution in [3.63, 3.8) is 0 Å². The maximum absolute atomic E-state index is 11.5. The number of rotatable bonds is 14. The van der Waals surface area contributed by atoms with Gasteiger partial charge in [0.1, 0.15) is 0 Å². The molecule has 0 rings (SSSR count). The molecule has 0 radical (unpaired) electrons. The Balaban J connectivity index is 4.05. The zero-order valence-corrected chi connectivity index (χ0v) is 19.6. The van der Waals surface area contributed by atoms with Crippen LogP contribution in [0.4, 0.5) is 0 Å². The molecule has 0 aliphatic rings. The summed E-state index contributed by atoms with van der Waals surface area (Å²) in [5, 5.41) is 2.60. The van der Waals surface area contributed by atoms with Crippen LogP contribution in [0.25, 0.3) is 0 Å². The summed E-state index contributed by atoms with van der Waals surface area (Å²) in [7, 11) is -4.61. The summed E-state index contributed by atoms with van der Waals surface area (Å²) >= 11 is 0. The molecule has 1 N–H and O–H groups in total. The summed E-state index contributed by atoms with van der Waals surface area (Å²) in [4.78, 5) is 32.5. The van der Waals surface area contributed by atoms with E-state index in [0.29, 0.717) is 6.54 Å². The number of hydrogen-bond acceptors (Lipinski definition) is 4. The van der Waals surface area contributed by atoms with Gasteiger partial charge in [-0.25, -0.2) is 0 Å². The van der Waals surface area contributed by atoms with Gasteiger partial charge in [0.15, 0.2) is 0 Å². The van der Waals surface area contributed by atoms with Crippen molar-refractivity contribution in [2.75, 3.05) is 12.7 Å². The van der Waals surface area contributed by atoms with Crippen LogP contribution >= 0.6 is 7.60 Å². The second kappa shape index (κ2) is 15.4. The molecule has 0 unspecified atom stereocenters. The molecule has 0 heterocycles. The number of carbonyl (C=O) groups excluding carboxylic acids is 1. The maximum atomic E-state index is 11.5. The number of allylic oxidation sites excluding steroid dienone is 7. The average molecular weight is 424 g/mol. The van der Waals surface area contributed by atoms with Crippen LogP contribution in [0.2, 0.25) is 0 Å². The van der Waals surface area contributed by atoms with E-state index in [0.717, 1.165) is 38.5 Å². The van der Waals surface area contributed by atoms with Crippen LogP contribution in [-0.4, -0.2) is 18.6 Å². The lowest BCUT2D eigenvalue weighted by Gasteiger charge is -2.28. The standard InChI is InChI=1S/C23H40NO4P/c1-19(2)9-6-10-20(3)11-7-12-21(4)13-8-14-22(5)15-17-24-23(25)16-18-29(26,27)28/h9,11,13,15H,6-8,10,12,14,16-18H2,1-5H3,(H,24,25)(H2,26,27,28)/p-2/b20-11+,21-13+,22-15+. The highest BCUT2D eigenvalue weighted by Crippen LogP contribution is 2.23. The summed E-state index contributed by atoms with van der Waals surface area (Å²) < 4.78 is 10.5. The first-order chi connectivity index (χ1) is 13.5. The molecule has 0 fully saturated rings. The van der Waals surface area contributed by atoms with Gasteiger partial charge in [-0.05, 0) is 79.3 Å². The van der Waals surface area contributed by atoms with Crippen LogP contribution in [0.5, 0.6) is 0 Å². The minimum absolute atomic E-state index is 0.276. The van der Waals surface area contributed by atoms with Crippen molar-refractivity contribution in [1.82, 2.24) is 5.32 Å². The smallest absolute Gasteiger partial charge is 0.220 e. The van der Waals surface area contributed by atoms with Gasteiger partial charge in [0.05, 0.1) is 0 Å². The highest BCUT2D eigenvalue weighted by molar-refractivity contribution is 7.48. The Hall–Kier alpha value is -1.42. The van der Waals surface area contributed by atoms with Crippen molar-refractivity contribution >= 4 is 13.5 Å². The number of nitrogens with one attached hydrogen (secondary N) is 1. The van der Waals surface area contributed by atoms with Crippen LogP contribution < -0.4 is 15.1 Å². The zero-order chi connectivity index (χ0) is 22.3. The van der Waals surface area contributed by atoms with E-state index in [1.54, 1.807) is 0 Å². The van der Waals surface area contributed by atoms with Gasteiger partial charge in [0, 0.05) is 13.0 Å².